The number of carbonyl (C=O) groups is 1. The van der Waals surface area contributed by atoms with Gasteiger partial charge in [0.1, 0.15) is 11.9 Å². The first-order valence-electron chi connectivity index (χ1n) is 8.89. The summed E-state index contributed by atoms with van der Waals surface area (Å²) in [5, 5.41) is 21.5. The Kier molecular flexibility index (Phi) is 4.60. The summed E-state index contributed by atoms with van der Waals surface area (Å²) in [6, 6.07) is 5.32. The van der Waals surface area contributed by atoms with E-state index in [9.17, 15) is 14.3 Å². The molecule has 1 aliphatic rings. The fraction of sp³-hybridized carbons (Fsp3) is 0.316. The van der Waals surface area contributed by atoms with Crippen molar-refractivity contribution in [3.8, 4) is 11.4 Å². The summed E-state index contributed by atoms with van der Waals surface area (Å²) in [6.45, 7) is 2.41. The van der Waals surface area contributed by atoms with Crippen molar-refractivity contribution >= 4 is 5.91 Å². The second-order valence-corrected chi connectivity index (χ2v) is 6.79. The lowest BCUT2D eigenvalue weighted by Crippen LogP contribution is -2.37. The first-order chi connectivity index (χ1) is 13.4. The van der Waals surface area contributed by atoms with Gasteiger partial charge in [0, 0.05) is 25.4 Å². The van der Waals surface area contributed by atoms with Gasteiger partial charge in [-0.15, -0.1) is 0 Å². The molecule has 8 nitrogen and oxygen atoms in total. The van der Waals surface area contributed by atoms with Crippen LogP contribution in [0.3, 0.4) is 0 Å². The number of hydrogen-bond acceptors (Lipinski definition) is 5. The van der Waals surface area contributed by atoms with Gasteiger partial charge in [0.15, 0.2) is 11.4 Å². The van der Waals surface area contributed by atoms with Crippen molar-refractivity contribution in [2.24, 2.45) is 7.05 Å². The molecule has 1 aromatic carbocycles. The van der Waals surface area contributed by atoms with E-state index in [2.05, 4.69) is 15.5 Å². The molecular weight excluding hydrogens is 365 g/mol. The Labute approximate surface area is 160 Å². The number of halogens is 1. The van der Waals surface area contributed by atoms with Crippen molar-refractivity contribution in [3.05, 3.63) is 59.4 Å². The second kappa shape index (κ2) is 7.08. The minimum atomic E-state index is -0.500. The van der Waals surface area contributed by atoms with Gasteiger partial charge in [0.05, 0.1) is 23.6 Å². The zero-order valence-corrected chi connectivity index (χ0v) is 15.5. The first kappa shape index (κ1) is 18.2. The van der Waals surface area contributed by atoms with E-state index in [1.54, 1.807) is 4.68 Å². The lowest BCUT2D eigenvalue weighted by atomic mass is 10.0. The molecule has 0 saturated carbocycles. The molecule has 3 aromatic rings. The number of carbonyl (C=O) groups excluding carboxylic acids is 1. The van der Waals surface area contributed by atoms with Crippen LogP contribution in [0, 0.1) is 12.7 Å². The molecule has 1 amide bonds. The molecule has 0 radical (unpaired) electrons. The maximum absolute atomic E-state index is 13.1. The summed E-state index contributed by atoms with van der Waals surface area (Å²) in [5.41, 5.74) is 2.20. The van der Waals surface area contributed by atoms with Crippen LogP contribution in [0.1, 0.15) is 34.3 Å². The van der Waals surface area contributed by atoms with Crippen LogP contribution in [0.15, 0.2) is 36.7 Å². The Hall–Kier alpha value is -3.20. The zero-order chi connectivity index (χ0) is 19.8. The fourth-order valence-corrected chi connectivity index (χ4v) is 3.43. The molecule has 1 fully saturated rings. The molecule has 0 spiro atoms. The van der Waals surface area contributed by atoms with Gasteiger partial charge >= 0.3 is 0 Å². The van der Waals surface area contributed by atoms with Gasteiger partial charge in [-0.2, -0.15) is 10.2 Å². The van der Waals surface area contributed by atoms with Crippen molar-refractivity contribution in [3.63, 3.8) is 0 Å². The molecular formula is C19H20FN5O3. The number of aromatic nitrogens is 4. The maximum atomic E-state index is 13.1. The Morgan fingerprint density at radius 3 is 2.71 bits per heavy atom. The third kappa shape index (κ3) is 3.36. The van der Waals surface area contributed by atoms with E-state index in [1.807, 2.05) is 20.2 Å². The molecule has 1 saturated heterocycles. The summed E-state index contributed by atoms with van der Waals surface area (Å²) in [6.07, 6.45) is 3.53. The van der Waals surface area contributed by atoms with Gasteiger partial charge in [-0.05, 0) is 37.6 Å². The number of benzene rings is 1. The molecule has 146 valence electrons. The Morgan fingerprint density at radius 1 is 1.29 bits per heavy atom. The topological polar surface area (TPSA) is 94.2 Å². The van der Waals surface area contributed by atoms with E-state index in [0.717, 1.165) is 11.3 Å². The summed E-state index contributed by atoms with van der Waals surface area (Å²) in [4.78, 5) is 12.7. The molecule has 2 aromatic heterocycles. The van der Waals surface area contributed by atoms with Gasteiger partial charge in [-0.3, -0.25) is 9.48 Å². The van der Waals surface area contributed by atoms with Gasteiger partial charge in [-0.25, -0.2) is 9.07 Å². The van der Waals surface area contributed by atoms with Crippen molar-refractivity contribution in [2.45, 2.75) is 25.5 Å². The largest absolute Gasteiger partial charge is 0.504 e. The van der Waals surface area contributed by atoms with Crippen LogP contribution in [0.25, 0.3) is 5.69 Å². The van der Waals surface area contributed by atoms with Crippen LogP contribution in [0.2, 0.25) is 0 Å². The normalized spacial score (nSPS) is 19.1. The number of aryl methyl sites for hydroxylation is 2. The van der Waals surface area contributed by atoms with Crippen LogP contribution >= 0.6 is 0 Å². The molecule has 2 atom stereocenters. The highest BCUT2D eigenvalue weighted by Gasteiger charge is 2.34. The lowest BCUT2D eigenvalue weighted by Gasteiger charge is -2.19. The standard InChI is InChI=1S/C19H20FN5O3/c1-11-14(9-24(2)22-11)18-15(7-8-28-18)21-19(27)17-16(26)10-25(23-17)13-5-3-12(20)4-6-13/h3-6,9-10,15,18,26H,7-8H2,1-2H3,(H,21,27)/t15-,18+/m1/s1. The minimum Gasteiger partial charge on any atom is -0.504 e. The fourth-order valence-electron chi connectivity index (χ4n) is 3.43. The predicted octanol–water partition coefficient (Wildman–Crippen LogP) is 2.02. The van der Waals surface area contributed by atoms with Crippen LogP contribution < -0.4 is 5.32 Å². The highest BCUT2D eigenvalue weighted by Crippen LogP contribution is 2.31. The Morgan fingerprint density at radius 2 is 2.04 bits per heavy atom. The van der Waals surface area contributed by atoms with Crippen LogP contribution in [-0.4, -0.2) is 43.2 Å². The molecule has 2 N–H and O–H groups in total. The number of hydrogen-bond donors (Lipinski definition) is 2. The molecule has 9 heteroatoms. The van der Waals surface area contributed by atoms with E-state index >= 15 is 0 Å². The van der Waals surface area contributed by atoms with E-state index in [4.69, 9.17) is 4.74 Å². The average molecular weight is 385 g/mol. The number of ether oxygens (including phenoxy) is 1. The van der Waals surface area contributed by atoms with E-state index in [1.165, 1.54) is 35.1 Å². The highest BCUT2D eigenvalue weighted by molar-refractivity contribution is 5.95. The smallest absolute Gasteiger partial charge is 0.275 e. The zero-order valence-electron chi connectivity index (χ0n) is 15.5. The van der Waals surface area contributed by atoms with Crippen molar-refractivity contribution in [1.29, 1.82) is 0 Å². The Balaban J connectivity index is 1.53. The van der Waals surface area contributed by atoms with Crippen LogP contribution in [0.4, 0.5) is 4.39 Å². The van der Waals surface area contributed by atoms with Gasteiger partial charge < -0.3 is 15.2 Å². The molecule has 0 bridgehead atoms. The molecule has 28 heavy (non-hydrogen) atoms. The molecule has 4 rings (SSSR count). The summed E-state index contributed by atoms with van der Waals surface area (Å²) in [7, 11) is 1.83. The summed E-state index contributed by atoms with van der Waals surface area (Å²) >= 11 is 0. The maximum Gasteiger partial charge on any atom is 0.275 e. The molecule has 0 aliphatic carbocycles. The monoisotopic (exact) mass is 385 g/mol. The van der Waals surface area contributed by atoms with Crippen molar-refractivity contribution in [2.75, 3.05) is 6.61 Å². The number of amides is 1. The third-order valence-electron chi connectivity index (χ3n) is 4.77. The highest BCUT2D eigenvalue weighted by atomic mass is 19.1. The Bertz CT molecular complexity index is 1010. The van der Waals surface area contributed by atoms with Gasteiger partial charge in [0.25, 0.3) is 5.91 Å². The SMILES string of the molecule is Cc1nn(C)cc1[C@@H]1OCC[C@H]1NC(=O)c1nn(-c2ccc(F)cc2)cc1O. The third-order valence-corrected chi connectivity index (χ3v) is 4.77. The van der Waals surface area contributed by atoms with E-state index in [0.29, 0.717) is 18.7 Å². The molecule has 1 aliphatic heterocycles. The second-order valence-electron chi connectivity index (χ2n) is 6.79. The number of rotatable bonds is 4. The lowest BCUT2D eigenvalue weighted by molar-refractivity contribution is 0.0813. The number of aromatic hydroxyl groups is 1. The summed E-state index contributed by atoms with van der Waals surface area (Å²) < 4.78 is 21.9. The average Bonchev–Trinajstić information content (AvgIpc) is 3.34. The van der Waals surface area contributed by atoms with Gasteiger partial charge in [-0.1, -0.05) is 0 Å². The predicted molar refractivity (Wildman–Crippen MR) is 97.7 cm³/mol. The van der Waals surface area contributed by atoms with Crippen molar-refractivity contribution in [1.82, 2.24) is 24.9 Å². The minimum absolute atomic E-state index is 0.0992. The van der Waals surface area contributed by atoms with E-state index in [-0.39, 0.29) is 29.4 Å². The first-order valence-corrected chi connectivity index (χ1v) is 8.89. The summed E-state index contributed by atoms with van der Waals surface area (Å²) in [5.74, 6) is -1.13. The van der Waals surface area contributed by atoms with Crippen molar-refractivity contribution < 1.29 is 19.0 Å². The number of nitrogens with one attached hydrogen (secondary N) is 1. The van der Waals surface area contributed by atoms with E-state index < -0.39 is 5.91 Å². The van der Waals surface area contributed by atoms with Crippen LogP contribution in [0.5, 0.6) is 5.75 Å². The molecule has 3 heterocycles. The molecule has 0 unspecified atom stereocenters. The number of nitrogens with zero attached hydrogens (tertiary/aromatic N) is 4. The van der Waals surface area contributed by atoms with Crippen LogP contribution in [-0.2, 0) is 11.8 Å². The quantitative estimate of drug-likeness (QED) is 0.717. The van der Waals surface area contributed by atoms with Gasteiger partial charge in [0.2, 0.25) is 0 Å².